The fourth-order valence-corrected chi connectivity index (χ4v) is 2.30. The van der Waals surface area contributed by atoms with Gasteiger partial charge in [-0.3, -0.25) is 4.79 Å². The van der Waals surface area contributed by atoms with Gasteiger partial charge in [-0.05, 0) is 25.1 Å². The second kappa shape index (κ2) is 7.32. The van der Waals surface area contributed by atoms with Gasteiger partial charge in [-0.15, -0.1) is 0 Å². The maximum absolute atomic E-state index is 12.6. The minimum Gasteiger partial charge on any atom is -0.495 e. The van der Waals surface area contributed by atoms with Gasteiger partial charge >= 0.3 is 5.51 Å². The van der Waals surface area contributed by atoms with Crippen molar-refractivity contribution < 1.29 is 31.1 Å². The summed E-state index contributed by atoms with van der Waals surface area (Å²) in [5.74, 6) is -0.623. The summed E-state index contributed by atoms with van der Waals surface area (Å²) in [5, 5.41) is 2.27. The third-order valence-electron chi connectivity index (χ3n) is 2.59. The molecule has 0 atom stereocenters. The number of anilines is 1. The second-order valence-electron chi connectivity index (χ2n) is 4.19. The Morgan fingerprint density at radius 2 is 1.91 bits per heavy atom. The van der Waals surface area contributed by atoms with Crippen molar-refractivity contribution >= 4 is 21.4 Å². The fourth-order valence-electron chi connectivity index (χ4n) is 1.51. The van der Waals surface area contributed by atoms with Gasteiger partial charge in [-0.25, -0.2) is 8.42 Å². The predicted octanol–water partition coefficient (Wildman–Crippen LogP) is 3.06. The van der Waals surface area contributed by atoms with Crippen molar-refractivity contribution in [2.75, 3.05) is 12.4 Å². The van der Waals surface area contributed by atoms with Crippen molar-refractivity contribution in [3.8, 4) is 5.75 Å². The number of alkyl halides is 3. The Hall–Kier alpha value is -2.29. The number of benzene rings is 1. The number of sulfone groups is 1. The van der Waals surface area contributed by atoms with Crippen LogP contribution in [0.5, 0.6) is 5.75 Å². The third kappa shape index (κ3) is 4.59. The molecule has 0 bridgehead atoms. The summed E-state index contributed by atoms with van der Waals surface area (Å²) < 4.78 is 65.4. The average molecular weight is 349 g/mol. The molecule has 1 N–H and O–H groups in total. The van der Waals surface area contributed by atoms with Gasteiger partial charge in [0.1, 0.15) is 5.75 Å². The van der Waals surface area contributed by atoms with Crippen LogP contribution in [0.2, 0.25) is 0 Å². The number of methoxy groups -OCH3 is 1. The van der Waals surface area contributed by atoms with Crippen LogP contribution in [0.1, 0.15) is 6.92 Å². The number of ether oxygens (including phenoxy) is 1. The first-order valence-electron chi connectivity index (χ1n) is 6.23. The minimum atomic E-state index is -5.52. The SMILES string of the molecule is CC=CC=CC(=O)Nc1cc(S(=O)(=O)C(F)(F)F)ccc1OC. The van der Waals surface area contributed by atoms with E-state index in [9.17, 15) is 26.4 Å². The molecule has 0 unspecified atom stereocenters. The van der Waals surface area contributed by atoms with Crippen molar-refractivity contribution in [1.82, 2.24) is 0 Å². The molecule has 5 nitrogen and oxygen atoms in total. The number of allylic oxidation sites excluding steroid dienone is 3. The highest BCUT2D eigenvalue weighted by molar-refractivity contribution is 7.92. The molecule has 0 saturated carbocycles. The van der Waals surface area contributed by atoms with E-state index in [2.05, 4.69) is 5.32 Å². The Kier molecular flexibility index (Phi) is 5.97. The molecule has 0 aliphatic heterocycles. The molecule has 0 spiro atoms. The Morgan fingerprint density at radius 3 is 2.43 bits per heavy atom. The van der Waals surface area contributed by atoms with Crippen LogP contribution < -0.4 is 10.1 Å². The van der Waals surface area contributed by atoms with Gasteiger partial charge in [0.05, 0.1) is 17.7 Å². The topological polar surface area (TPSA) is 72.5 Å². The second-order valence-corrected chi connectivity index (χ2v) is 6.13. The predicted molar refractivity (Wildman–Crippen MR) is 78.8 cm³/mol. The van der Waals surface area contributed by atoms with Crippen LogP contribution in [-0.2, 0) is 14.6 Å². The molecule has 1 rings (SSSR count). The highest BCUT2D eigenvalue weighted by atomic mass is 32.2. The van der Waals surface area contributed by atoms with Crippen LogP contribution in [-0.4, -0.2) is 26.9 Å². The molecule has 0 aromatic heterocycles. The van der Waals surface area contributed by atoms with E-state index in [0.29, 0.717) is 6.07 Å². The Balaban J connectivity index is 3.22. The summed E-state index contributed by atoms with van der Waals surface area (Å²) in [6.45, 7) is 1.73. The molecule has 0 heterocycles. The van der Waals surface area contributed by atoms with Crippen molar-refractivity contribution in [2.24, 2.45) is 0 Å². The van der Waals surface area contributed by atoms with Crippen LogP contribution in [0.15, 0.2) is 47.4 Å². The quantitative estimate of drug-likeness (QED) is 0.655. The van der Waals surface area contributed by atoms with Gasteiger partial charge in [0.15, 0.2) is 0 Å². The largest absolute Gasteiger partial charge is 0.501 e. The maximum atomic E-state index is 12.6. The molecule has 23 heavy (non-hydrogen) atoms. The van der Waals surface area contributed by atoms with E-state index in [1.54, 1.807) is 19.1 Å². The monoisotopic (exact) mass is 349 g/mol. The van der Waals surface area contributed by atoms with Crippen LogP contribution in [0, 0.1) is 0 Å². The smallest absolute Gasteiger partial charge is 0.495 e. The highest BCUT2D eigenvalue weighted by Gasteiger charge is 2.47. The van der Waals surface area contributed by atoms with Crippen molar-refractivity contribution in [1.29, 1.82) is 0 Å². The van der Waals surface area contributed by atoms with Crippen molar-refractivity contribution in [2.45, 2.75) is 17.3 Å². The number of rotatable bonds is 5. The molecule has 0 aliphatic rings. The molecular weight excluding hydrogens is 335 g/mol. The van der Waals surface area contributed by atoms with E-state index >= 15 is 0 Å². The Morgan fingerprint density at radius 1 is 1.26 bits per heavy atom. The Bertz CT molecular complexity index is 737. The lowest BCUT2D eigenvalue weighted by molar-refractivity contribution is -0.111. The number of amides is 1. The number of carbonyl (C=O) groups is 1. The van der Waals surface area contributed by atoms with Gasteiger partial charge in [0.25, 0.3) is 9.84 Å². The molecule has 0 fully saturated rings. The summed E-state index contributed by atoms with van der Waals surface area (Å²) in [6.07, 6.45) is 5.78. The lowest BCUT2D eigenvalue weighted by atomic mass is 10.3. The van der Waals surface area contributed by atoms with Crippen LogP contribution in [0.4, 0.5) is 18.9 Å². The lowest BCUT2D eigenvalue weighted by Crippen LogP contribution is -2.23. The minimum absolute atomic E-state index is 0.0268. The first-order chi connectivity index (χ1) is 10.6. The summed E-state index contributed by atoms with van der Waals surface area (Å²) in [4.78, 5) is 10.7. The molecular formula is C14H14F3NO4S. The summed E-state index contributed by atoms with van der Waals surface area (Å²) in [5.41, 5.74) is -5.62. The van der Waals surface area contributed by atoms with Gasteiger partial charge in [-0.2, -0.15) is 13.2 Å². The van der Waals surface area contributed by atoms with Crippen LogP contribution in [0.25, 0.3) is 0 Å². The molecule has 0 radical (unpaired) electrons. The van der Waals surface area contributed by atoms with Gasteiger partial charge in [0.2, 0.25) is 5.91 Å². The number of halogens is 3. The molecule has 9 heteroatoms. The van der Waals surface area contributed by atoms with E-state index < -0.39 is 26.1 Å². The van der Waals surface area contributed by atoms with Gasteiger partial charge in [0, 0.05) is 6.08 Å². The zero-order valence-corrected chi connectivity index (χ0v) is 13.0. The molecule has 126 valence electrons. The zero-order valence-electron chi connectivity index (χ0n) is 12.2. The summed E-state index contributed by atoms with van der Waals surface area (Å²) >= 11 is 0. The molecule has 0 aliphatic carbocycles. The number of hydrogen-bond donors (Lipinski definition) is 1. The van der Waals surface area contributed by atoms with Crippen LogP contribution in [0.3, 0.4) is 0 Å². The zero-order chi connectivity index (χ0) is 17.7. The van der Waals surface area contributed by atoms with E-state index in [1.165, 1.54) is 13.2 Å². The molecule has 1 aromatic rings. The summed E-state index contributed by atoms with van der Waals surface area (Å²) in [6, 6.07) is 2.49. The maximum Gasteiger partial charge on any atom is 0.501 e. The first-order valence-corrected chi connectivity index (χ1v) is 7.71. The Labute approximate surface area is 131 Å². The molecule has 0 saturated heterocycles. The van der Waals surface area contributed by atoms with E-state index in [-0.39, 0.29) is 11.4 Å². The molecule has 1 amide bonds. The number of nitrogens with one attached hydrogen (secondary N) is 1. The van der Waals surface area contributed by atoms with E-state index in [4.69, 9.17) is 4.74 Å². The lowest BCUT2D eigenvalue weighted by Gasteiger charge is -2.12. The van der Waals surface area contributed by atoms with Gasteiger partial charge in [-0.1, -0.05) is 18.2 Å². The van der Waals surface area contributed by atoms with E-state index in [1.807, 2.05) is 0 Å². The fraction of sp³-hybridized carbons (Fsp3) is 0.214. The van der Waals surface area contributed by atoms with Crippen molar-refractivity contribution in [3.05, 3.63) is 42.5 Å². The highest BCUT2D eigenvalue weighted by Crippen LogP contribution is 2.34. The average Bonchev–Trinajstić information content (AvgIpc) is 2.46. The van der Waals surface area contributed by atoms with E-state index in [0.717, 1.165) is 18.2 Å². The first kappa shape index (κ1) is 18.8. The van der Waals surface area contributed by atoms with Gasteiger partial charge < -0.3 is 10.1 Å². The molecule has 1 aromatic carbocycles. The summed E-state index contributed by atoms with van der Waals surface area (Å²) in [7, 11) is -4.28. The number of carbonyl (C=O) groups excluding carboxylic acids is 1. The third-order valence-corrected chi connectivity index (χ3v) is 4.08. The standard InChI is InChI=1S/C14H14F3NO4S/c1-3-4-5-6-13(19)18-11-9-10(7-8-12(11)22-2)23(20,21)14(15,16)17/h3-9H,1-2H3,(H,18,19). The normalized spacial score (nSPS) is 12.7. The van der Waals surface area contributed by atoms with Crippen LogP contribution >= 0.6 is 0 Å². The van der Waals surface area contributed by atoms with Crippen molar-refractivity contribution in [3.63, 3.8) is 0 Å². The number of hydrogen-bond acceptors (Lipinski definition) is 4.